The number of nitrogens with zero attached hydrogens (tertiary/aromatic N) is 2. The Morgan fingerprint density at radius 2 is 1.96 bits per heavy atom. The molecule has 2 aliphatic heterocycles. The fourth-order valence-corrected chi connectivity index (χ4v) is 3.31. The summed E-state index contributed by atoms with van der Waals surface area (Å²) in [7, 11) is 0. The minimum atomic E-state index is 0.216. The van der Waals surface area contributed by atoms with E-state index in [2.05, 4.69) is 36.1 Å². The van der Waals surface area contributed by atoms with Crippen LogP contribution in [0.3, 0.4) is 0 Å². The van der Waals surface area contributed by atoms with E-state index in [-0.39, 0.29) is 18.1 Å². The van der Waals surface area contributed by atoms with Gasteiger partial charge < -0.3 is 14.4 Å². The minimum Gasteiger partial charge on any atom is -0.378 e. The molecule has 2 heterocycles. The Labute approximate surface area is 138 Å². The average molecular weight is 318 g/mol. The van der Waals surface area contributed by atoms with Crippen LogP contribution in [0.5, 0.6) is 0 Å². The quantitative estimate of drug-likeness (QED) is 0.847. The monoisotopic (exact) mass is 318 g/mol. The fourth-order valence-electron chi connectivity index (χ4n) is 3.31. The molecule has 2 atom stereocenters. The predicted octanol–water partition coefficient (Wildman–Crippen LogP) is 1.70. The topological polar surface area (TPSA) is 42.0 Å². The lowest BCUT2D eigenvalue weighted by Gasteiger charge is -2.39. The van der Waals surface area contributed by atoms with E-state index in [4.69, 9.17) is 9.47 Å². The first-order chi connectivity index (χ1) is 11.2. The van der Waals surface area contributed by atoms with Crippen molar-refractivity contribution in [2.24, 2.45) is 0 Å². The molecule has 0 N–H and O–H groups in total. The summed E-state index contributed by atoms with van der Waals surface area (Å²) in [6, 6.07) is 10.7. The summed E-state index contributed by atoms with van der Waals surface area (Å²) in [6.45, 7) is 7.20. The third-order valence-electron chi connectivity index (χ3n) is 4.63. The number of rotatable bonds is 4. The van der Waals surface area contributed by atoms with Gasteiger partial charge in [-0.2, -0.15) is 0 Å². The van der Waals surface area contributed by atoms with Crippen LogP contribution in [0.15, 0.2) is 30.3 Å². The van der Waals surface area contributed by atoms with E-state index in [9.17, 15) is 4.79 Å². The maximum Gasteiger partial charge on any atom is 0.224 e. The number of amides is 1. The van der Waals surface area contributed by atoms with Crippen molar-refractivity contribution in [3.63, 3.8) is 0 Å². The van der Waals surface area contributed by atoms with E-state index in [0.29, 0.717) is 26.2 Å². The van der Waals surface area contributed by atoms with Crippen molar-refractivity contribution in [1.29, 1.82) is 0 Å². The standard InChI is InChI=1S/C18H26N2O3/c1-15-13-20(8-7-18(21)19-9-11-22-12-10-19)17(14-23-15)16-5-3-2-4-6-16/h2-6,15,17H,7-14H2,1H3/t15-,17-/m1/s1. The normalized spacial score (nSPS) is 26.2. The number of ether oxygens (including phenoxy) is 2. The van der Waals surface area contributed by atoms with Crippen LogP contribution >= 0.6 is 0 Å². The highest BCUT2D eigenvalue weighted by atomic mass is 16.5. The average Bonchev–Trinajstić information content (AvgIpc) is 2.61. The van der Waals surface area contributed by atoms with Gasteiger partial charge in [-0.3, -0.25) is 9.69 Å². The van der Waals surface area contributed by atoms with Gasteiger partial charge in [0.2, 0.25) is 5.91 Å². The summed E-state index contributed by atoms with van der Waals surface area (Å²) in [5.41, 5.74) is 1.26. The maximum atomic E-state index is 12.4. The molecule has 0 unspecified atom stereocenters. The highest BCUT2D eigenvalue weighted by molar-refractivity contribution is 5.76. The molecule has 0 spiro atoms. The van der Waals surface area contributed by atoms with E-state index in [1.54, 1.807) is 0 Å². The number of morpholine rings is 2. The Morgan fingerprint density at radius 1 is 1.22 bits per heavy atom. The van der Waals surface area contributed by atoms with Crippen LogP contribution in [-0.4, -0.2) is 67.8 Å². The summed E-state index contributed by atoms with van der Waals surface area (Å²) >= 11 is 0. The number of carbonyl (C=O) groups excluding carboxylic acids is 1. The molecular formula is C18H26N2O3. The van der Waals surface area contributed by atoms with Gasteiger partial charge in [0.05, 0.1) is 32.0 Å². The molecule has 1 aromatic carbocycles. The summed E-state index contributed by atoms with van der Waals surface area (Å²) in [4.78, 5) is 16.7. The summed E-state index contributed by atoms with van der Waals surface area (Å²) in [5.74, 6) is 0.235. The number of benzene rings is 1. The molecule has 2 saturated heterocycles. The second kappa shape index (κ2) is 7.90. The molecular weight excluding hydrogens is 292 g/mol. The molecule has 5 nitrogen and oxygen atoms in total. The van der Waals surface area contributed by atoms with E-state index in [1.807, 2.05) is 11.0 Å². The van der Waals surface area contributed by atoms with Crippen LogP contribution in [0.25, 0.3) is 0 Å². The molecule has 23 heavy (non-hydrogen) atoms. The molecule has 126 valence electrons. The molecule has 0 bridgehead atoms. The largest absolute Gasteiger partial charge is 0.378 e. The lowest BCUT2D eigenvalue weighted by Crippen LogP contribution is -2.46. The van der Waals surface area contributed by atoms with Crippen LogP contribution in [0.1, 0.15) is 24.9 Å². The van der Waals surface area contributed by atoms with E-state index >= 15 is 0 Å². The van der Waals surface area contributed by atoms with Gasteiger partial charge in [-0.15, -0.1) is 0 Å². The van der Waals surface area contributed by atoms with Gasteiger partial charge in [-0.1, -0.05) is 30.3 Å². The van der Waals surface area contributed by atoms with Gasteiger partial charge in [0.25, 0.3) is 0 Å². The predicted molar refractivity (Wildman–Crippen MR) is 88.2 cm³/mol. The van der Waals surface area contributed by atoms with Crippen molar-refractivity contribution in [2.75, 3.05) is 46.0 Å². The molecule has 0 aromatic heterocycles. The molecule has 3 rings (SSSR count). The summed E-state index contributed by atoms with van der Waals surface area (Å²) < 4.78 is 11.2. The van der Waals surface area contributed by atoms with Gasteiger partial charge in [-0.25, -0.2) is 0 Å². The minimum absolute atomic E-state index is 0.216. The first kappa shape index (κ1) is 16.4. The molecule has 0 saturated carbocycles. The third-order valence-corrected chi connectivity index (χ3v) is 4.63. The van der Waals surface area contributed by atoms with E-state index in [0.717, 1.165) is 26.2 Å². The zero-order valence-electron chi connectivity index (χ0n) is 13.8. The van der Waals surface area contributed by atoms with Crippen molar-refractivity contribution in [1.82, 2.24) is 9.80 Å². The Balaban J connectivity index is 1.59. The van der Waals surface area contributed by atoms with Gasteiger partial charge in [0.15, 0.2) is 0 Å². The Kier molecular flexibility index (Phi) is 5.65. The van der Waals surface area contributed by atoms with Crippen molar-refractivity contribution in [2.45, 2.75) is 25.5 Å². The third kappa shape index (κ3) is 4.31. The van der Waals surface area contributed by atoms with Crippen molar-refractivity contribution < 1.29 is 14.3 Å². The number of hydrogen-bond acceptors (Lipinski definition) is 4. The SMILES string of the molecule is C[C@@H]1CN(CCC(=O)N2CCOCC2)[C@@H](c2ccccc2)CO1. The van der Waals surface area contributed by atoms with E-state index < -0.39 is 0 Å². The highest BCUT2D eigenvalue weighted by Crippen LogP contribution is 2.26. The van der Waals surface area contributed by atoms with E-state index in [1.165, 1.54) is 5.56 Å². The van der Waals surface area contributed by atoms with Crippen LogP contribution in [0.4, 0.5) is 0 Å². The molecule has 0 radical (unpaired) electrons. The van der Waals surface area contributed by atoms with Gasteiger partial charge in [-0.05, 0) is 12.5 Å². The second-order valence-corrected chi connectivity index (χ2v) is 6.31. The zero-order valence-corrected chi connectivity index (χ0v) is 13.8. The van der Waals surface area contributed by atoms with Crippen molar-refractivity contribution >= 4 is 5.91 Å². The smallest absolute Gasteiger partial charge is 0.224 e. The van der Waals surface area contributed by atoms with Crippen molar-refractivity contribution in [3.05, 3.63) is 35.9 Å². The lowest BCUT2D eigenvalue weighted by molar-refractivity contribution is -0.136. The van der Waals surface area contributed by atoms with Crippen molar-refractivity contribution in [3.8, 4) is 0 Å². The van der Waals surface area contributed by atoms with Crippen LogP contribution in [-0.2, 0) is 14.3 Å². The number of carbonyl (C=O) groups is 1. The first-order valence-corrected chi connectivity index (χ1v) is 8.50. The van der Waals surface area contributed by atoms with Crippen LogP contribution in [0, 0.1) is 0 Å². The molecule has 2 aliphatic rings. The number of hydrogen-bond donors (Lipinski definition) is 0. The highest BCUT2D eigenvalue weighted by Gasteiger charge is 2.28. The lowest BCUT2D eigenvalue weighted by atomic mass is 10.0. The summed E-state index contributed by atoms with van der Waals surface area (Å²) in [5, 5.41) is 0. The van der Waals surface area contributed by atoms with Crippen LogP contribution < -0.4 is 0 Å². The zero-order chi connectivity index (χ0) is 16.1. The van der Waals surface area contributed by atoms with Crippen LogP contribution in [0.2, 0.25) is 0 Å². The molecule has 1 amide bonds. The Bertz CT molecular complexity index is 502. The maximum absolute atomic E-state index is 12.4. The molecule has 5 heteroatoms. The Hall–Kier alpha value is -1.43. The van der Waals surface area contributed by atoms with Gasteiger partial charge in [0, 0.05) is 32.6 Å². The fraction of sp³-hybridized carbons (Fsp3) is 0.611. The molecule has 0 aliphatic carbocycles. The molecule has 2 fully saturated rings. The van der Waals surface area contributed by atoms with Gasteiger partial charge >= 0.3 is 0 Å². The summed E-state index contributed by atoms with van der Waals surface area (Å²) in [6.07, 6.45) is 0.782. The Morgan fingerprint density at radius 3 is 2.70 bits per heavy atom. The van der Waals surface area contributed by atoms with Gasteiger partial charge in [0.1, 0.15) is 0 Å². The second-order valence-electron chi connectivity index (χ2n) is 6.31. The first-order valence-electron chi connectivity index (χ1n) is 8.50. The molecule has 1 aromatic rings.